The largest absolute Gasteiger partial charge is 0.392 e. The van der Waals surface area contributed by atoms with Crippen molar-refractivity contribution in [1.29, 1.82) is 0 Å². The molecule has 0 radical (unpaired) electrons. The van der Waals surface area contributed by atoms with E-state index in [1.54, 1.807) is 6.07 Å². The van der Waals surface area contributed by atoms with Crippen molar-refractivity contribution in [2.24, 2.45) is 5.73 Å². The SMILES string of the molecule is NC(=S)C1CCCCN1Cc1cccc(F)c1Br. The fourth-order valence-electron chi connectivity index (χ4n) is 2.39. The molecule has 2 N–H and O–H groups in total. The molecule has 2 nitrogen and oxygen atoms in total. The number of likely N-dealkylation sites (tertiary alicyclic amines) is 1. The van der Waals surface area contributed by atoms with Crippen LogP contribution in [0.2, 0.25) is 0 Å². The van der Waals surface area contributed by atoms with Gasteiger partial charge in [-0.1, -0.05) is 30.8 Å². The van der Waals surface area contributed by atoms with E-state index < -0.39 is 0 Å². The minimum absolute atomic E-state index is 0.143. The second kappa shape index (κ2) is 6.08. The van der Waals surface area contributed by atoms with Gasteiger partial charge in [0.25, 0.3) is 0 Å². The topological polar surface area (TPSA) is 29.3 Å². The zero-order chi connectivity index (χ0) is 13.1. The van der Waals surface area contributed by atoms with E-state index in [1.165, 1.54) is 6.07 Å². The number of halogens is 2. The van der Waals surface area contributed by atoms with Crippen LogP contribution in [0, 0.1) is 5.82 Å². The first-order chi connectivity index (χ1) is 8.59. The maximum absolute atomic E-state index is 13.5. The van der Waals surface area contributed by atoms with E-state index in [1.807, 2.05) is 6.07 Å². The fourth-order valence-corrected chi connectivity index (χ4v) is 3.05. The van der Waals surface area contributed by atoms with Gasteiger partial charge in [0, 0.05) is 6.54 Å². The van der Waals surface area contributed by atoms with Crippen LogP contribution in [0.1, 0.15) is 24.8 Å². The third kappa shape index (κ3) is 3.08. The molecule has 0 saturated carbocycles. The van der Waals surface area contributed by atoms with Crippen molar-refractivity contribution in [3.63, 3.8) is 0 Å². The Balaban J connectivity index is 2.16. The van der Waals surface area contributed by atoms with Crippen LogP contribution < -0.4 is 5.73 Å². The Morgan fingerprint density at radius 2 is 2.28 bits per heavy atom. The standard InChI is InChI=1S/C13H16BrFN2S/c14-12-9(4-3-5-10(12)15)8-17-7-2-1-6-11(17)13(16)18/h3-5,11H,1-2,6-8H2,(H2,16,18). The molecular formula is C13H16BrFN2S. The molecule has 1 heterocycles. The number of benzene rings is 1. The van der Waals surface area contributed by atoms with E-state index in [0.29, 0.717) is 16.0 Å². The summed E-state index contributed by atoms with van der Waals surface area (Å²) in [6.45, 7) is 1.64. The van der Waals surface area contributed by atoms with Gasteiger partial charge in [-0.3, -0.25) is 4.90 Å². The number of hydrogen-bond donors (Lipinski definition) is 1. The summed E-state index contributed by atoms with van der Waals surface area (Å²) in [4.78, 5) is 2.79. The highest BCUT2D eigenvalue weighted by molar-refractivity contribution is 9.10. The van der Waals surface area contributed by atoms with Crippen molar-refractivity contribution < 1.29 is 4.39 Å². The molecule has 1 aliphatic heterocycles. The molecule has 18 heavy (non-hydrogen) atoms. The molecule has 5 heteroatoms. The maximum atomic E-state index is 13.5. The van der Waals surface area contributed by atoms with Gasteiger partial charge < -0.3 is 5.73 Å². The molecular weight excluding hydrogens is 315 g/mol. The molecule has 0 bridgehead atoms. The highest BCUT2D eigenvalue weighted by Gasteiger charge is 2.25. The molecule has 0 amide bonds. The number of rotatable bonds is 3. The normalized spacial score (nSPS) is 20.9. The lowest BCUT2D eigenvalue weighted by atomic mass is 10.0. The van der Waals surface area contributed by atoms with E-state index >= 15 is 0 Å². The quantitative estimate of drug-likeness (QED) is 0.863. The van der Waals surface area contributed by atoms with Crippen molar-refractivity contribution in [1.82, 2.24) is 4.90 Å². The molecule has 1 aromatic rings. The second-order valence-electron chi connectivity index (χ2n) is 4.60. The van der Waals surface area contributed by atoms with Crippen LogP contribution >= 0.6 is 28.1 Å². The van der Waals surface area contributed by atoms with Gasteiger partial charge in [0.15, 0.2) is 0 Å². The van der Waals surface area contributed by atoms with E-state index in [2.05, 4.69) is 20.8 Å². The summed E-state index contributed by atoms with van der Waals surface area (Å²) >= 11 is 8.42. The number of nitrogens with zero attached hydrogens (tertiary/aromatic N) is 1. The number of piperidine rings is 1. The van der Waals surface area contributed by atoms with Gasteiger partial charge in [0.1, 0.15) is 5.82 Å². The number of nitrogens with two attached hydrogens (primary N) is 1. The first kappa shape index (κ1) is 13.9. The second-order valence-corrected chi connectivity index (χ2v) is 5.86. The summed E-state index contributed by atoms with van der Waals surface area (Å²) < 4.78 is 14.0. The molecule has 1 aliphatic rings. The average molecular weight is 331 g/mol. The lowest BCUT2D eigenvalue weighted by Gasteiger charge is -2.35. The van der Waals surface area contributed by atoms with Crippen LogP contribution in [-0.4, -0.2) is 22.5 Å². The minimum atomic E-state index is -0.226. The average Bonchev–Trinajstić information content (AvgIpc) is 2.35. The van der Waals surface area contributed by atoms with Gasteiger partial charge in [0.05, 0.1) is 15.5 Å². The van der Waals surface area contributed by atoms with Crippen LogP contribution in [0.15, 0.2) is 22.7 Å². The summed E-state index contributed by atoms with van der Waals surface area (Å²) in [5.74, 6) is -0.226. The van der Waals surface area contributed by atoms with Crippen LogP contribution in [0.4, 0.5) is 4.39 Å². The van der Waals surface area contributed by atoms with Gasteiger partial charge in [-0.2, -0.15) is 0 Å². The molecule has 1 saturated heterocycles. The van der Waals surface area contributed by atoms with E-state index in [0.717, 1.165) is 31.4 Å². The molecule has 1 fully saturated rings. The molecule has 0 aromatic heterocycles. The highest BCUT2D eigenvalue weighted by atomic mass is 79.9. The number of thiocarbonyl (C=S) groups is 1. The summed E-state index contributed by atoms with van der Waals surface area (Å²) in [5.41, 5.74) is 6.73. The smallest absolute Gasteiger partial charge is 0.137 e. The number of hydrogen-bond acceptors (Lipinski definition) is 2. The molecule has 1 unspecified atom stereocenters. The molecule has 1 aromatic carbocycles. The van der Waals surface area contributed by atoms with Crippen molar-refractivity contribution in [2.45, 2.75) is 31.8 Å². The fraction of sp³-hybridized carbons (Fsp3) is 0.462. The Kier molecular flexibility index (Phi) is 4.70. The summed E-state index contributed by atoms with van der Waals surface area (Å²) in [5, 5.41) is 0. The van der Waals surface area contributed by atoms with Crippen molar-refractivity contribution in [3.05, 3.63) is 34.1 Å². The zero-order valence-corrected chi connectivity index (χ0v) is 12.4. The lowest BCUT2D eigenvalue weighted by molar-refractivity contribution is 0.184. The predicted octanol–water partition coefficient (Wildman–Crippen LogP) is 3.23. The van der Waals surface area contributed by atoms with Crippen LogP contribution in [-0.2, 0) is 6.54 Å². The van der Waals surface area contributed by atoms with Gasteiger partial charge in [-0.15, -0.1) is 0 Å². The first-order valence-electron chi connectivity index (χ1n) is 6.06. The summed E-state index contributed by atoms with van der Waals surface area (Å²) in [6.07, 6.45) is 3.30. The lowest BCUT2D eigenvalue weighted by Crippen LogP contribution is -2.46. The van der Waals surface area contributed by atoms with Crippen LogP contribution in [0.5, 0.6) is 0 Å². The Hall–Kier alpha value is -0.520. The van der Waals surface area contributed by atoms with Gasteiger partial charge >= 0.3 is 0 Å². The molecule has 98 valence electrons. The summed E-state index contributed by atoms with van der Waals surface area (Å²) in [7, 11) is 0. The third-order valence-electron chi connectivity index (χ3n) is 3.35. The van der Waals surface area contributed by atoms with Gasteiger partial charge in [-0.25, -0.2) is 4.39 Å². The zero-order valence-electron chi connectivity index (χ0n) is 10.0. The Labute approximate surface area is 120 Å². The molecule has 0 aliphatic carbocycles. The van der Waals surface area contributed by atoms with Crippen molar-refractivity contribution in [3.8, 4) is 0 Å². The third-order valence-corrected chi connectivity index (χ3v) is 4.51. The molecule has 0 spiro atoms. The highest BCUT2D eigenvalue weighted by Crippen LogP contribution is 2.25. The Morgan fingerprint density at radius 3 is 3.00 bits per heavy atom. The van der Waals surface area contributed by atoms with Crippen molar-refractivity contribution >= 4 is 33.1 Å². The van der Waals surface area contributed by atoms with E-state index in [4.69, 9.17) is 18.0 Å². The minimum Gasteiger partial charge on any atom is -0.392 e. The monoisotopic (exact) mass is 330 g/mol. The van der Waals surface area contributed by atoms with E-state index in [9.17, 15) is 4.39 Å². The Bertz CT molecular complexity index is 453. The predicted molar refractivity (Wildman–Crippen MR) is 78.9 cm³/mol. The molecule has 2 rings (SSSR count). The molecule has 1 atom stereocenters. The van der Waals surface area contributed by atoms with Crippen molar-refractivity contribution in [2.75, 3.05) is 6.54 Å². The van der Waals surface area contributed by atoms with E-state index in [-0.39, 0.29) is 11.9 Å². The van der Waals surface area contributed by atoms with Gasteiger partial charge in [0.2, 0.25) is 0 Å². The van der Waals surface area contributed by atoms with Gasteiger partial charge in [-0.05, 0) is 46.9 Å². The first-order valence-corrected chi connectivity index (χ1v) is 7.26. The Morgan fingerprint density at radius 1 is 1.50 bits per heavy atom. The van der Waals surface area contributed by atoms with Crippen LogP contribution in [0.25, 0.3) is 0 Å². The summed E-state index contributed by atoms with van der Waals surface area (Å²) in [6, 6.07) is 5.26. The van der Waals surface area contributed by atoms with Crippen LogP contribution in [0.3, 0.4) is 0 Å². The maximum Gasteiger partial charge on any atom is 0.137 e.